The average Bonchev–Trinajstić information content (AvgIpc) is 3.13. The topological polar surface area (TPSA) is 87.9 Å². The molecule has 3 aromatic rings. The van der Waals surface area contributed by atoms with Gasteiger partial charge in [-0.05, 0) is 56.4 Å². The number of ether oxygens (including phenoxy) is 2. The number of methoxy groups -OCH3 is 2. The van der Waals surface area contributed by atoms with Crippen molar-refractivity contribution in [1.29, 1.82) is 0 Å². The molecule has 9 heteroatoms. The number of hydrogen-bond donors (Lipinski definition) is 2. The van der Waals surface area contributed by atoms with Crippen molar-refractivity contribution in [2.75, 3.05) is 32.2 Å². The van der Waals surface area contributed by atoms with E-state index in [-0.39, 0.29) is 5.75 Å². The highest BCUT2D eigenvalue weighted by Crippen LogP contribution is 2.31. The first-order valence-electron chi connectivity index (χ1n) is 9.54. The second kappa shape index (κ2) is 9.45. The van der Waals surface area contributed by atoms with Gasteiger partial charge in [0.1, 0.15) is 5.75 Å². The molecular weight excluding hydrogens is 402 g/mol. The van der Waals surface area contributed by atoms with E-state index < -0.39 is 0 Å². The molecule has 30 heavy (non-hydrogen) atoms. The summed E-state index contributed by atoms with van der Waals surface area (Å²) in [6, 6.07) is 10.9. The van der Waals surface area contributed by atoms with Crippen molar-refractivity contribution in [1.82, 2.24) is 14.9 Å². The fourth-order valence-corrected chi connectivity index (χ4v) is 3.29. The van der Waals surface area contributed by atoms with Gasteiger partial charge in [-0.3, -0.25) is 0 Å². The van der Waals surface area contributed by atoms with Crippen LogP contribution in [0.3, 0.4) is 0 Å². The van der Waals surface area contributed by atoms with Gasteiger partial charge in [-0.1, -0.05) is 0 Å². The Labute approximate surface area is 180 Å². The predicted molar refractivity (Wildman–Crippen MR) is 121 cm³/mol. The molecule has 0 aliphatic rings. The second-order valence-corrected chi connectivity index (χ2v) is 6.78. The second-order valence-electron chi connectivity index (χ2n) is 6.39. The number of aromatic hydroxyl groups is 1. The minimum absolute atomic E-state index is 0.144. The molecule has 2 N–H and O–H groups in total. The van der Waals surface area contributed by atoms with E-state index in [0.717, 1.165) is 24.3 Å². The Morgan fingerprint density at radius 1 is 1.13 bits per heavy atom. The van der Waals surface area contributed by atoms with Crippen LogP contribution in [0.2, 0.25) is 0 Å². The first-order chi connectivity index (χ1) is 14.5. The summed E-state index contributed by atoms with van der Waals surface area (Å²) in [5, 5.41) is 21.9. The molecule has 0 atom stereocenters. The smallest absolute Gasteiger partial charge is 0.216 e. The van der Waals surface area contributed by atoms with Crippen molar-refractivity contribution in [2.45, 2.75) is 13.8 Å². The number of hydrogen-bond acceptors (Lipinski definition) is 7. The molecule has 0 saturated heterocycles. The van der Waals surface area contributed by atoms with Gasteiger partial charge < -0.3 is 19.5 Å². The molecule has 3 rings (SSSR count). The molecule has 0 spiro atoms. The van der Waals surface area contributed by atoms with Gasteiger partial charge >= 0.3 is 0 Å². The third-order valence-electron chi connectivity index (χ3n) is 4.75. The number of nitrogens with zero attached hydrogens (tertiary/aromatic N) is 4. The average molecular weight is 428 g/mol. The number of nitrogens with one attached hydrogen (secondary N) is 1. The summed E-state index contributed by atoms with van der Waals surface area (Å²) < 4.78 is 12.5. The van der Waals surface area contributed by atoms with E-state index in [1.807, 2.05) is 18.2 Å². The molecule has 0 radical (unpaired) electrons. The highest BCUT2D eigenvalue weighted by molar-refractivity contribution is 7.71. The maximum Gasteiger partial charge on any atom is 0.216 e. The van der Waals surface area contributed by atoms with Crippen LogP contribution in [0, 0.1) is 4.77 Å². The van der Waals surface area contributed by atoms with Gasteiger partial charge in [0.15, 0.2) is 17.3 Å². The van der Waals surface area contributed by atoms with Crippen LogP contribution in [0.15, 0.2) is 41.5 Å². The Hall–Kier alpha value is -3.33. The normalized spacial score (nSPS) is 11.1. The fraction of sp³-hybridized carbons (Fsp3) is 0.286. The van der Waals surface area contributed by atoms with E-state index in [4.69, 9.17) is 21.7 Å². The Bertz CT molecular complexity index is 1100. The van der Waals surface area contributed by atoms with Crippen molar-refractivity contribution in [3.63, 3.8) is 0 Å². The van der Waals surface area contributed by atoms with Crippen LogP contribution in [0.1, 0.15) is 19.4 Å². The van der Waals surface area contributed by atoms with Gasteiger partial charge in [-0.2, -0.15) is 14.9 Å². The molecule has 8 nitrogen and oxygen atoms in total. The van der Waals surface area contributed by atoms with E-state index in [1.54, 1.807) is 38.6 Å². The van der Waals surface area contributed by atoms with Gasteiger partial charge in [0.05, 0.1) is 20.4 Å². The summed E-state index contributed by atoms with van der Waals surface area (Å²) in [7, 11) is 3.15. The summed E-state index contributed by atoms with van der Waals surface area (Å²) in [6.07, 6.45) is 1.55. The number of phenolic OH excluding ortho intramolecular Hbond substituents is 1. The zero-order chi connectivity index (χ0) is 21.7. The standard InChI is InChI=1S/C21H25N5O3S/c1-5-25(6-2)16-9-7-15(17(27)12-16)13-22-26-20(23-24-21(26)30)14-8-10-18(28-3)19(11-14)29-4/h7-13,27H,5-6H2,1-4H3,(H,24,30)/b22-13-. The van der Waals surface area contributed by atoms with Crippen LogP contribution in [0.4, 0.5) is 5.69 Å². The van der Waals surface area contributed by atoms with Gasteiger partial charge in [0.2, 0.25) is 4.77 Å². The van der Waals surface area contributed by atoms with Crippen LogP contribution < -0.4 is 14.4 Å². The number of rotatable bonds is 8. The Kier molecular flexibility index (Phi) is 6.73. The van der Waals surface area contributed by atoms with Crippen LogP contribution in [0.5, 0.6) is 17.2 Å². The zero-order valence-electron chi connectivity index (χ0n) is 17.4. The molecule has 1 heterocycles. The molecule has 0 aliphatic carbocycles. The molecular formula is C21H25N5O3S. The molecule has 2 aromatic carbocycles. The fourth-order valence-electron chi connectivity index (χ4n) is 3.11. The quantitative estimate of drug-likeness (QED) is 0.416. The molecule has 0 aliphatic heterocycles. The largest absolute Gasteiger partial charge is 0.507 e. The Balaban J connectivity index is 1.95. The molecule has 158 valence electrons. The van der Waals surface area contributed by atoms with E-state index in [9.17, 15) is 5.11 Å². The lowest BCUT2D eigenvalue weighted by Gasteiger charge is -2.21. The maximum atomic E-state index is 10.4. The highest BCUT2D eigenvalue weighted by Gasteiger charge is 2.12. The monoisotopic (exact) mass is 427 g/mol. The molecule has 0 unspecified atom stereocenters. The van der Waals surface area contributed by atoms with Gasteiger partial charge in [-0.25, -0.2) is 5.10 Å². The number of phenols is 1. The summed E-state index contributed by atoms with van der Waals surface area (Å²) >= 11 is 5.32. The Morgan fingerprint density at radius 3 is 2.50 bits per heavy atom. The lowest BCUT2D eigenvalue weighted by molar-refractivity contribution is 0.355. The molecule has 0 bridgehead atoms. The van der Waals surface area contributed by atoms with Crippen LogP contribution in [-0.4, -0.2) is 53.5 Å². The van der Waals surface area contributed by atoms with Gasteiger partial charge in [0, 0.05) is 36.0 Å². The lowest BCUT2D eigenvalue weighted by Crippen LogP contribution is -2.21. The molecule has 1 aromatic heterocycles. The van der Waals surface area contributed by atoms with E-state index in [0.29, 0.717) is 27.7 Å². The number of H-pyrrole nitrogens is 1. The Morgan fingerprint density at radius 2 is 1.87 bits per heavy atom. The van der Waals surface area contributed by atoms with E-state index in [1.165, 1.54) is 4.68 Å². The predicted octanol–water partition coefficient (Wildman–Crippen LogP) is 4.06. The van der Waals surface area contributed by atoms with Crippen LogP contribution in [0.25, 0.3) is 11.4 Å². The lowest BCUT2D eigenvalue weighted by atomic mass is 10.2. The van der Waals surface area contributed by atoms with Gasteiger partial charge in [0.25, 0.3) is 0 Å². The molecule has 0 amide bonds. The minimum atomic E-state index is 0.144. The van der Waals surface area contributed by atoms with Crippen LogP contribution in [-0.2, 0) is 0 Å². The van der Waals surface area contributed by atoms with Gasteiger partial charge in [-0.15, -0.1) is 0 Å². The number of anilines is 1. The van der Waals surface area contributed by atoms with Crippen LogP contribution >= 0.6 is 12.2 Å². The van der Waals surface area contributed by atoms with Crippen molar-refractivity contribution in [3.8, 4) is 28.6 Å². The maximum absolute atomic E-state index is 10.4. The SMILES string of the molecule is CCN(CC)c1ccc(/C=N\n2c(-c3ccc(OC)c(OC)c3)n[nH]c2=S)c(O)c1. The first kappa shape index (κ1) is 21.4. The third kappa shape index (κ3) is 4.30. The summed E-state index contributed by atoms with van der Waals surface area (Å²) in [5.74, 6) is 1.84. The molecule has 0 saturated carbocycles. The number of aromatic nitrogens is 3. The van der Waals surface area contributed by atoms with E-state index >= 15 is 0 Å². The summed E-state index contributed by atoms with van der Waals surface area (Å²) in [4.78, 5) is 2.15. The van der Waals surface area contributed by atoms with E-state index in [2.05, 4.69) is 34.0 Å². The summed E-state index contributed by atoms with van der Waals surface area (Å²) in [5.41, 5.74) is 2.28. The third-order valence-corrected chi connectivity index (χ3v) is 5.01. The summed E-state index contributed by atoms with van der Waals surface area (Å²) in [6.45, 7) is 5.88. The number of aromatic amines is 1. The minimum Gasteiger partial charge on any atom is -0.507 e. The number of benzene rings is 2. The highest BCUT2D eigenvalue weighted by atomic mass is 32.1. The van der Waals surface area contributed by atoms with Crippen molar-refractivity contribution >= 4 is 24.1 Å². The molecule has 0 fully saturated rings. The van der Waals surface area contributed by atoms with Crippen molar-refractivity contribution in [3.05, 3.63) is 46.7 Å². The zero-order valence-corrected chi connectivity index (χ0v) is 18.2. The first-order valence-corrected chi connectivity index (χ1v) is 9.95. The van der Waals surface area contributed by atoms with Crippen molar-refractivity contribution < 1.29 is 14.6 Å². The van der Waals surface area contributed by atoms with Crippen molar-refractivity contribution in [2.24, 2.45) is 5.10 Å².